The lowest BCUT2D eigenvalue weighted by Crippen LogP contribution is -2.40. The number of rotatable bonds is 9. The van der Waals surface area contributed by atoms with E-state index in [4.69, 9.17) is 4.42 Å². The first-order valence-electron chi connectivity index (χ1n) is 14.2. The number of anilines is 1. The number of carbonyl (C=O) groups excluding carboxylic acids is 2. The molecule has 1 aliphatic carbocycles. The molecule has 1 fully saturated rings. The Kier molecular flexibility index (Phi) is 8.29. The Morgan fingerprint density at radius 3 is 2.38 bits per heavy atom. The zero-order valence-electron chi connectivity index (χ0n) is 23.9. The number of aliphatic carboxylic acids is 1. The van der Waals surface area contributed by atoms with E-state index in [1.54, 1.807) is 37.4 Å². The van der Waals surface area contributed by atoms with Gasteiger partial charge in [0.15, 0.2) is 0 Å². The smallest absolute Gasteiger partial charge is 0.308 e. The fourth-order valence-corrected chi connectivity index (χ4v) is 5.85. The molecule has 1 saturated carbocycles. The molecule has 1 aromatic heterocycles. The standard InChI is InChI=1S/C33H34FN3O5/c1-4-37(5-2)27-18-28-25(29(32(39)35-3)30(42-28)19-12-14-22(34)15-13-19)17-24(27)20-8-6-9-21(16-20)31(38)36-26-11-7-10-23(26)33(40)41/h6,8-9,12-18,23,26H,4-5,7,10-11H2,1-3H3,(H,35,39)(H,36,38)(H,40,41)/t23-,26+/m1/s1. The maximum absolute atomic E-state index is 13.7. The van der Waals surface area contributed by atoms with Crippen LogP contribution in [0.3, 0.4) is 0 Å². The van der Waals surface area contributed by atoms with Crippen molar-refractivity contribution in [3.8, 4) is 22.5 Å². The zero-order valence-corrected chi connectivity index (χ0v) is 23.9. The highest BCUT2D eigenvalue weighted by Gasteiger charge is 2.34. The third-order valence-corrected chi connectivity index (χ3v) is 8.06. The fraction of sp³-hybridized carbons (Fsp3) is 0.303. The Labute approximate surface area is 243 Å². The van der Waals surface area contributed by atoms with Gasteiger partial charge in [0.1, 0.15) is 17.2 Å². The second kappa shape index (κ2) is 12.1. The molecule has 218 valence electrons. The minimum atomic E-state index is -0.893. The summed E-state index contributed by atoms with van der Waals surface area (Å²) in [5, 5.41) is 15.7. The molecular weight excluding hydrogens is 537 g/mol. The van der Waals surface area contributed by atoms with Crippen molar-refractivity contribution >= 4 is 34.4 Å². The van der Waals surface area contributed by atoms with Crippen LogP contribution in [0.5, 0.6) is 0 Å². The molecule has 3 aromatic carbocycles. The topological polar surface area (TPSA) is 112 Å². The van der Waals surface area contributed by atoms with E-state index in [9.17, 15) is 23.9 Å². The minimum Gasteiger partial charge on any atom is -0.481 e. The molecule has 1 aliphatic rings. The number of hydrogen-bond donors (Lipinski definition) is 3. The number of halogens is 1. The maximum Gasteiger partial charge on any atom is 0.308 e. The molecule has 0 bridgehead atoms. The number of carbonyl (C=O) groups is 3. The van der Waals surface area contributed by atoms with Gasteiger partial charge in [-0.15, -0.1) is 0 Å². The number of fused-ring (bicyclic) bond motifs is 1. The number of hydrogen-bond acceptors (Lipinski definition) is 5. The highest BCUT2D eigenvalue weighted by Crippen LogP contribution is 2.41. The average Bonchev–Trinajstić information content (AvgIpc) is 3.62. The van der Waals surface area contributed by atoms with Gasteiger partial charge in [-0.05, 0) is 74.7 Å². The molecule has 0 aliphatic heterocycles. The number of nitrogens with zero attached hydrogens (tertiary/aromatic N) is 1. The van der Waals surface area contributed by atoms with Crippen LogP contribution < -0.4 is 15.5 Å². The van der Waals surface area contributed by atoms with Gasteiger partial charge < -0.3 is 25.1 Å². The van der Waals surface area contributed by atoms with E-state index in [1.165, 1.54) is 12.1 Å². The Morgan fingerprint density at radius 2 is 1.71 bits per heavy atom. The molecule has 4 aromatic rings. The second-order valence-corrected chi connectivity index (χ2v) is 10.5. The summed E-state index contributed by atoms with van der Waals surface area (Å²) in [4.78, 5) is 40.2. The fourth-order valence-electron chi connectivity index (χ4n) is 5.85. The van der Waals surface area contributed by atoms with Crippen LogP contribution in [0.25, 0.3) is 33.4 Å². The van der Waals surface area contributed by atoms with Crippen molar-refractivity contribution in [2.75, 3.05) is 25.0 Å². The van der Waals surface area contributed by atoms with Gasteiger partial charge >= 0.3 is 5.97 Å². The van der Waals surface area contributed by atoms with E-state index in [1.807, 2.05) is 32.0 Å². The molecule has 9 heteroatoms. The van der Waals surface area contributed by atoms with E-state index < -0.39 is 23.7 Å². The average molecular weight is 572 g/mol. The third kappa shape index (κ3) is 5.46. The molecule has 1 heterocycles. The molecular formula is C33H34FN3O5. The molecule has 0 spiro atoms. The first-order valence-corrected chi connectivity index (χ1v) is 14.2. The van der Waals surface area contributed by atoms with Crippen molar-refractivity contribution in [1.82, 2.24) is 10.6 Å². The Morgan fingerprint density at radius 1 is 0.976 bits per heavy atom. The van der Waals surface area contributed by atoms with Crippen molar-refractivity contribution in [1.29, 1.82) is 0 Å². The van der Waals surface area contributed by atoms with Crippen molar-refractivity contribution in [3.63, 3.8) is 0 Å². The molecule has 0 saturated heterocycles. The van der Waals surface area contributed by atoms with Gasteiger partial charge in [0.2, 0.25) is 0 Å². The Hall–Kier alpha value is -4.66. The van der Waals surface area contributed by atoms with E-state index in [-0.39, 0.29) is 11.8 Å². The van der Waals surface area contributed by atoms with Crippen LogP contribution in [-0.2, 0) is 4.79 Å². The molecule has 0 radical (unpaired) electrons. The van der Waals surface area contributed by atoms with E-state index in [2.05, 4.69) is 15.5 Å². The van der Waals surface area contributed by atoms with Gasteiger partial charge in [0.25, 0.3) is 11.8 Å². The largest absolute Gasteiger partial charge is 0.481 e. The first-order chi connectivity index (χ1) is 20.2. The van der Waals surface area contributed by atoms with E-state index in [0.717, 1.165) is 23.2 Å². The highest BCUT2D eigenvalue weighted by atomic mass is 19.1. The summed E-state index contributed by atoms with van der Waals surface area (Å²) in [6.07, 6.45) is 1.93. The summed E-state index contributed by atoms with van der Waals surface area (Å²) in [7, 11) is 1.54. The second-order valence-electron chi connectivity index (χ2n) is 10.5. The van der Waals surface area contributed by atoms with Crippen molar-refractivity contribution in [2.24, 2.45) is 5.92 Å². The van der Waals surface area contributed by atoms with Crippen LogP contribution in [-0.4, -0.2) is 49.1 Å². The number of nitrogens with one attached hydrogen (secondary N) is 2. The maximum atomic E-state index is 13.7. The molecule has 2 amide bonds. The Balaban J connectivity index is 1.64. The van der Waals surface area contributed by atoms with Gasteiger partial charge in [-0.1, -0.05) is 18.6 Å². The summed E-state index contributed by atoms with van der Waals surface area (Å²) in [6, 6.07) is 16.4. The SMILES string of the molecule is CCN(CC)c1cc2oc(-c3ccc(F)cc3)c(C(=O)NC)c2cc1-c1cccc(C(=O)N[C@H]2CCC[C@H]2C(=O)O)c1. The first kappa shape index (κ1) is 28.9. The number of furan rings is 1. The molecule has 0 unspecified atom stereocenters. The van der Waals surface area contributed by atoms with Gasteiger partial charge in [-0.2, -0.15) is 0 Å². The van der Waals surface area contributed by atoms with Gasteiger partial charge in [-0.25, -0.2) is 4.39 Å². The van der Waals surface area contributed by atoms with Gasteiger partial charge in [0, 0.05) is 60.0 Å². The van der Waals surface area contributed by atoms with Crippen LogP contribution in [0.15, 0.2) is 65.1 Å². The van der Waals surface area contributed by atoms with Crippen LogP contribution in [0, 0.1) is 11.7 Å². The summed E-state index contributed by atoms with van der Waals surface area (Å²) in [6.45, 7) is 5.51. The lowest BCUT2D eigenvalue weighted by atomic mass is 9.96. The summed E-state index contributed by atoms with van der Waals surface area (Å²) in [5.41, 5.74) is 4.27. The van der Waals surface area contributed by atoms with E-state index >= 15 is 0 Å². The summed E-state index contributed by atoms with van der Waals surface area (Å²) >= 11 is 0. The van der Waals surface area contributed by atoms with Crippen LogP contribution >= 0.6 is 0 Å². The monoisotopic (exact) mass is 571 g/mol. The summed E-state index contributed by atoms with van der Waals surface area (Å²) < 4.78 is 19.9. The quantitative estimate of drug-likeness (QED) is 0.224. The molecule has 5 rings (SSSR count). The number of carboxylic acids is 1. The molecule has 2 atom stereocenters. The van der Waals surface area contributed by atoms with Gasteiger partial charge in [-0.3, -0.25) is 14.4 Å². The van der Waals surface area contributed by atoms with Crippen molar-refractivity contribution in [3.05, 3.63) is 77.6 Å². The third-order valence-electron chi connectivity index (χ3n) is 8.06. The minimum absolute atomic E-state index is 0.326. The van der Waals surface area contributed by atoms with Crippen LogP contribution in [0.1, 0.15) is 53.8 Å². The predicted molar refractivity (Wildman–Crippen MR) is 160 cm³/mol. The van der Waals surface area contributed by atoms with Crippen LogP contribution in [0.4, 0.5) is 10.1 Å². The number of benzene rings is 3. The Bertz CT molecular complexity index is 1640. The number of carboxylic acid groups (broad SMARTS) is 1. The zero-order chi connectivity index (χ0) is 30.0. The van der Waals surface area contributed by atoms with Crippen molar-refractivity contribution in [2.45, 2.75) is 39.2 Å². The van der Waals surface area contributed by atoms with Crippen LogP contribution in [0.2, 0.25) is 0 Å². The lowest BCUT2D eigenvalue weighted by Gasteiger charge is -2.24. The van der Waals surface area contributed by atoms with E-state index in [0.29, 0.717) is 59.4 Å². The summed E-state index contributed by atoms with van der Waals surface area (Å²) in [5.74, 6) is -2.20. The lowest BCUT2D eigenvalue weighted by molar-refractivity contribution is -0.142. The predicted octanol–water partition coefficient (Wildman–Crippen LogP) is 6.09. The molecule has 3 N–H and O–H groups in total. The number of amides is 2. The molecule has 42 heavy (non-hydrogen) atoms. The van der Waals surface area contributed by atoms with Crippen molar-refractivity contribution < 1.29 is 28.3 Å². The van der Waals surface area contributed by atoms with Gasteiger partial charge in [0.05, 0.1) is 11.5 Å². The molecule has 8 nitrogen and oxygen atoms in total. The normalized spacial score (nSPS) is 16.4. The highest BCUT2D eigenvalue weighted by molar-refractivity contribution is 6.13.